The lowest BCUT2D eigenvalue weighted by Gasteiger charge is -2.25. The number of amides is 2. The molecular formula is C24H32F4N7O2+. The fourth-order valence-corrected chi connectivity index (χ4v) is 5.44. The molecule has 0 radical (unpaired) electrons. The summed E-state index contributed by atoms with van der Waals surface area (Å²) in [5, 5.41) is 19.7. The van der Waals surface area contributed by atoms with Crippen LogP contribution in [0.2, 0.25) is 0 Å². The molecule has 1 aliphatic carbocycles. The Morgan fingerprint density at radius 1 is 1.11 bits per heavy atom. The zero-order chi connectivity index (χ0) is 26.4. The zero-order valence-corrected chi connectivity index (χ0v) is 20.4. The average Bonchev–Trinajstić information content (AvgIpc) is 3.58. The highest BCUT2D eigenvalue weighted by atomic mass is 19.3. The van der Waals surface area contributed by atoms with Gasteiger partial charge in [-0.3, -0.25) is 9.59 Å². The third kappa shape index (κ3) is 7.02. The summed E-state index contributed by atoms with van der Waals surface area (Å²) in [5.41, 5.74) is -0.193. The minimum atomic E-state index is -2.81. The second-order valence-corrected chi connectivity index (χ2v) is 9.85. The van der Waals surface area contributed by atoms with Crippen LogP contribution in [0.5, 0.6) is 0 Å². The third-order valence-corrected chi connectivity index (χ3v) is 7.40. The number of nitrogens with zero attached hydrogens (tertiary/aromatic N) is 3. The number of hydrogen-bond donors (Lipinski definition) is 4. The topological polar surface area (TPSA) is 129 Å². The van der Waals surface area contributed by atoms with Gasteiger partial charge < -0.3 is 16.0 Å². The van der Waals surface area contributed by atoms with Crippen LogP contribution in [0, 0.1) is 23.5 Å². The lowest BCUT2D eigenvalue weighted by atomic mass is 9.79. The summed E-state index contributed by atoms with van der Waals surface area (Å²) in [6.07, 6.45) is 2.74. The van der Waals surface area contributed by atoms with Gasteiger partial charge >= 0.3 is 0 Å². The summed E-state index contributed by atoms with van der Waals surface area (Å²) in [4.78, 5) is 25.4. The number of hydrogen-bond acceptors (Lipinski definition) is 5. The maximum atomic E-state index is 14.5. The number of nitrogens with two attached hydrogens (primary N) is 1. The average molecular weight is 527 g/mol. The van der Waals surface area contributed by atoms with Crippen molar-refractivity contribution in [3.8, 4) is 11.4 Å². The van der Waals surface area contributed by atoms with E-state index in [0.29, 0.717) is 18.3 Å². The van der Waals surface area contributed by atoms with Crippen molar-refractivity contribution >= 4 is 11.8 Å². The molecule has 9 nitrogen and oxygen atoms in total. The standard InChI is InChI=1S/C24H31F4N7O2/c25-17-8-14(22-32-34-35-33-22)9-18(26)16(17)6-7-29-23(36)20(11-21(27)28)31-24(37)19-10-15(12-30-19)13-4-2-1-3-5-13/h8-9,13,15,19-21,30H,1-7,10-12H2,(H,29,36)(H,31,37)(H,32,33,34,35)/p+1/t15-,19?,20+/m1/s1. The maximum Gasteiger partial charge on any atom is 0.278 e. The van der Waals surface area contributed by atoms with Crippen LogP contribution >= 0.6 is 0 Å². The molecule has 1 aromatic carbocycles. The van der Waals surface area contributed by atoms with Crippen molar-refractivity contribution in [3.63, 3.8) is 0 Å². The number of rotatable bonds is 10. The Labute approximate surface area is 211 Å². The first kappa shape index (κ1) is 27.0. The van der Waals surface area contributed by atoms with Crippen LogP contribution in [0.3, 0.4) is 0 Å². The number of carbonyl (C=O) groups excluding carboxylic acids is 2. The predicted octanol–water partition coefficient (Wildman–Crippen LogP) is 1.48. The van der Waals surface area contributed by atoms with Gasteiger partial charge in [0.05, 0.1) is 6.54 Å². The quantitative estimate of drug-likeness (QED) is 0.349. The third-order valence-electron chi connectivity index (χ3n) is 7.40. The number of nitrogens with one attached hydrogen (secondary N) is 3. The summed E-state index contributed by atoms with van der Waals surface area (Å²) in [7, 11) is 0. The van der Waals surface area contributed by atoms with Crippen LogP contribution in [0.15, 0.2) is 12.1 Å². The Morgan fingerprint density at radius 3 is 2.49 bits per heavy atom. The van der Waals surface area contributed by atoms with Crippen molar-refractivity contribution in [2.75, 3.05) is 13.1 Å². The van der Waals surface area contributed by atoms with E-state index in [4.69, 9.17) is 0 Å². The molecule has 2 heterocycles. The molecule has 2 aromatic rings. The number of halogens is 4. The van der Waals surface area contributed by atoms with E-state index in [0.717, 1.165) is 31.5 Å². The highest BCUT2D eigenvalue weighted by molar-refractivity contribution is 5.89. The van der Waals surface area contributed by atoms with Gasteiger partial charge in [0.25, 0.3) is 5.91 Å². The van der Waals surface area contributed by atoms with Crippen LogP contribution < -0.4 is 16.0 Å². The Hall–Kier alpha value is -3.09. The number of aromatic amines is 1. The van der Waals surface area contributed by atoms with Gasteiger partial charge in [-0.25, -0.2) is 17.6 Å². The molecule has 1 aromatic heterocycles. The van der Waals surface area contributed by atoms with Gasteiger partial charge in [-0.2, -0.15) is 5.21 Å². The van der Waals surface area contributed by atoms with Crippen molar-refractivity contribution < 1.29 is 32.5 Å². The molecule has 4 rings (SSSR count). The van der Waals surface area contributed by atoms with E-state index in [1.165, 1.54) is 19.3 Å². The largest absolute Gasteiger partial charge is 0.354 e. The Morgan fingerprint density at radius 2 is 1.84 bits per heavy atom. The van der Waals surface area contributed by atoms with Crippen molar-refractivity contribution in [2.45, 2.75) is 69.9 Å². The number of alkyl halides is 2. The molecule has 3 atom stereocenters. The predicted molar refractivity (Wildman–Crippen MR) is 124 cm³/mol. The van der Waals surface area contributed by atoms with E-state index in [9.17, 15) is 27.2 Å². The fourth-order valence-electron chi connectivity index (χ4n) is 5.44. The molecule has 1 unspecified atom stereocenters. The summed E-state index contributed by atoms with van der Waals surface area (Å²) < 4.78 is 55.3. The smallest absolute Gasteiger partial charge is 0.278 e. The molecule has 37 heavy (non-hydrogen) atoms. The monoisotopic (exact) mass is 526 g/mol. The Kier molecular flexibility index (Phi) is 9.06. The SMILES string of the molecule is O=C(N[C@@H](CC(F)F)C(=O)NCCc1c(F)cc(-c2nn[nH]n2)cc1F)C1C[C@@H](C2CCCCC2)C[NH2+]1. The molecule has 1 saturated carbocycles. The number of benzene rings is 1. The molecule has 2 amide bonds. The Bertz CT molecular complexity index is 1040. The number of aromatic nitrogens is 4. The maximum absolute atomic E-state index is 14.5. The number of H-pyrrole nitrogens is 1. The summed E-state index contributed by atoms with van der Waals surface area (Å²) >= 11 is 0. The van der Waals surface area contributed by atoms with Crippen LogP contribution in [-0.4, -0.2) is 64.0 Å². The van der Waals surface area contributed by atoms with Crippen molar-refractivity contribution in [1.82, 2.24) is 31.3 Å². The molecule has 2 fully saturated rings. The lowest BCUT2D eigenvalue weighted by molar-refractivity contribution is -0.660. The molecule has 1 saturated heterocycles. The van der Waals surface area contributed by atoms with Crippen molar-refractivity contribution in [2.24, 2.45) is 11.8 Å². The van der Waals surface area contributed by atoms with Crippen LogP contribution in [-0.2, 0) is 16.0 Å². The van der Waals surface area contributed by atoms with Gasteiger partial charge in [0.15, 0.2) is 6.04 Å². The molecule has 0 bridgehead atoms. The second-order valence-electron chi connectivity index (χ2n) is 9.85. The van der Waals surface area contributed by atoms with E-state index in [2.05, 4.69) is 31.3 Å². The summed E-state index contributed by atoms with van der Waals surface area (Å²) in [5.74, 6) is -1.97. The molecule has 5 N–H and O–H groups in total. The first-order valence-corrected chi connectivity index (χ1v) is 12.7. The molecule has 13 heteroatoms. The minimum Gasteiger partial charge on any atom is -0.354 e. The van der Waals surface area contributed by atoms with Crippen molar-refractivity contribution in [1.29, 1.82) is 0 Å². The Balaban J connectivity index is 1.30. The van der Waals surface area contributed by atoms with Gasteiger partial charge in [-0.15, -0.1) is 10.2 Å². The lowest BCUT2D eigenvalue weighted by Crippen LogP contribution is -2.89. The fraction of sp³-hybridized carbons (Fsp3) is 0.625. The molecule has 2 aliphatic rings. The van der Waals surface area contributed by atoms with E-state index in [1.54, 1.807) is 0 Å². The molecule has 1 aliphatic heterocycles. The molecule has 202 valence electrons. The minimum absolute atomic E-state index is 0.0211. The van der Waals surface area contributed by atoms with Crippen LogP contribution in [0.1, 0.15) is 50.5 Å². The van der Waals surface area contributed by atoms with Gasteiger partial charge in [0.2, 0.25) is 18.2 Å². The first-order valence-electron chi connectivity index (χ1n) is 12.7. The zero-order valence-electron chi connectivity index (χ0n) is 20.4. The highest BCUT2D eigenvalue weighted by Crippen LogP contribution is 2.32. The second kappa shape index (κ2) is 12.4. The van der Waals surface area contributed by atoms with Crippen molar-refractivity contribution in [3.05, 3.63) is 29.3 Å². The van der Waals surface area contributed by atoms with Gasteiger partial charge in [-0.1, -0.05) is 19.3 Å². The number of tetrazole rings is 1. The van der Waals surface area contributed by atoms with Crippen LogP contribution in [0.4, 0.5) is 17.6 Å². The summed E-state index contributed by atoms with van der Waals surface area (Å²) in [6, 6.07) is 0.235. The van der Waals surface area contributed by atoms with Gasteiger partial charge in [0, 0.05) is 36.4 Å². The van der Waals surface area contributed by atoms with Gasteiger partial charge in [0.1, 0.15) is 17.7 Å². The van der Waals surface area contributed by atoms with Crippen LogP contribution in [0.25, 0.3) is 11.4 Å². The van der Waals surface area contributed by atoms with E-state index in [-0.39, 0.29) is 29.9 Å². The molecule has 0 spiro atoms. The number of carbonyl (C=O) groups is 2. The van der Waals surface area contributed by atoms with E-state index in [1.807, 2.05) is 5.32 Å². The first-order chi connectivity index (χ1) is 17.8. The highest BCUT2D eigenvalue weighted by Gasteiger charge is 2.39. The van der Waals surface area contributed by atoms with E-state index >= 15 is 0 Å². The van der Waals surface area contributed by atoms with Gasteiger partial charge in [-0.05, 0) is 42.5 Å². The number of quaternary nitrogens is 1. The molecular weight excluding hydrogens is 494 g/mol. The summed E-state index contributed by atoms with van der Waals surface area (Å²) in [6.45, 7) is 0.611. The normalized spacial score (nSPS) is 21.2. The van der Waals surface area contributed by atoms with E-state index < -0.39 is 48.4 Å².